The highest BCUT2D eigenvalue weighted by Gasteiger charge is 2.51. The summed E-state index contributed by atoms with van der Waals surface area (Å²) in [4.78, 5) is 14.0. The Morgan fingerprint density at radius 1 is 0.906 bits per heavy atom. The predicted octanol–water partition coefficient (Wildman–Crippen LogP) is 4.30. The quantitative estimate of drug-likeness (QED) is 0.595. The van der Waals surface area contributed by atoms with E-state index >= 15 is 0 Å². The Morgan fingerprint density at radius 2 is 1.53 bits per heavy atom. The summed E-state index contributed by atoms with van der Waals surface area (Å²) in [7, 11) is 0. The molecular weight excluding hydrogens is 402 g/mol. The van der Waals surface area contributed by atoms with Crippen molar-refractivity contribution in [1.29, 1.82) is 0 Å². The van der Waals surface area contributed by atoms with E-state index in [1.807, 2.05) is 30.3 Å². The number of carbonyl (C=O) groups is 1. The number of fused-ring (bicyclic) bond motifs is 3. The molecule has 0 bridgehead atoms. The van der Waals surface area contributed by atoms with Crippen molar-refractivity contribution in [2.45, 2.75) is 24.4 Å². The van der Waals surface area contributed by atoms with Crippen molar-refractivity contribution in [1.82, 2.24) is 4.90 Å². The van der Waals surface area contributed by atoms with Crippen LogP contribution in [0.3, 0.4) is 0 Å². The van der Waals surface area contributed by atoms with Gasteiger partial charge in [-0.1, -0.05) is 78.9 Å². The Kier molecular flexibility index (Phi) is 4.83. The number of carboxylic acid groups (broad SMARTS) is 1. The van der Waals surface area contributed by atoms with Crippen LogP contribution in [0.15, 0.2) is 78.9 Å². The molecule has 0 spiro atoms. The van der Waals surface area contributed by atoms with E-state index in [4.69, 9.17) is 9.47 Å². The Labute approximate surface area is 187 Å². The second-order valence-corrected chi connectivity index (χ2v) is 8.87. The van der Waals surface area contributed by atoms with Crippen LogP contribution >= 0.6 is 0 Å². The van der Waals surface area contributed by atoms with Crippen LogP contribution in [0.2, 0.25) is 0 Å². The van der Waals surface area contributed by atoms with Gasteiger partial charge in [0.25, 0.3) is 0 Å². The summed E-state index contributed by atoms with van der Waals surface area (Å²) in [6.45, 7) is 1.70. The van der Waals surface area contributed by atoms with Crippen molar-refractivity contribution < 1.29 is 19.4 Å². The first-order valence-corrected chi connectivity index (χ1v) is 11.2. The van der Waals surface area contributed by atoms with Gasteiger partial charge in [0.05, 0.1) is 12.5 Å². The maximum atomic E-state index is 11.9. The summed E-state index contributed by atoms with van der Waals surface area (Å²) in [6.07, 6.45) is -0.476. The van der Waals surface area contributed by atoms with E-state index in [9.17, 15) is 9.90 Å². The molecule has 2 heterocycles. The number of benzene rings is 3. The van der Waals surface area contributed by atoms with Crippen molar-refractivity contribution in [2.24, 2.45) is 5.92 Å². The van der Waals surface area contributed by atoms with Crippen LogP contribution in [0.25, 0.3) is 11.1 Å². The topological polar surface area (TPSA) is 62.3 Å². The fourth-order valence-corrected chi connectivity index (χ4v) is 5.43. The molecule has 32 heavy (non-hydrogen) atoms. The molecule has 2 fully saturated rings. The van der Waals surface area contributed by atoms with E-state index in [1.54, 1.807) is 0 Å². The van der Waals surface area contributed by atoms with Gasteiger partial charge in [-0.2, -0.15) is 0 Å². The molecule has 3 aromatic carbocycles. The average Bonchev–Trinajstić information content (AvgIpc) is 3.34. The maximum absolute atomic E-state index is 11.9. The SMILES string of the molecule is O=C(O)[C@@H]1CN(C2OC2OCC2c3ccccc3-c3ccccc32)C[C@H]1c1ccccc1. The predicted molar refractivity (Wildman–Crippen MR) is 120 cm³/mol. The summed E-state index contributed by atoms with van der Waals surface area (Å²) in [5.74, 6) is -1.03. The number of nitrogens with zero attached hydrogens (tertiary/aromatic N) is 1. The smallest absolute Gasteiger partial charge is 0.308 e. The molecule has 2 unspecified atom stereocenters. The van der Waals surface area contributed by atoms with Crippen molar-refractivity contribution in [2.75, 3.05) is 19.7 Å². The van der Waals surface area contributed by atoms with Crippen molar-refractivity contribution >= 4 is 5.97 Å². The molecule has 3 aromatic rings. The standard InChI is InChI=1S/C27H25NO4/c29-26(30)23-15-28(14-22(23)17-8-2-1-3-9-17)25-27(32-25)31-16-24-20-12-6-4-10-18(20)19-11-5-7-13-21(19)24/h1-13,22-25,27H,14-16H2,(H,29,30)/t22-,23+,25?,27?/m0/s1. The van der Waals surface area contributed by atoms with Crippen LogP contribution in [0.1, 0.15) is 28.5 Å². The zero-order chi connectivity index (χ0) is 21.7. The van der Waals surface area contributed by atoms with Crippen LogP contribution in [-0.2, 0) is 14.3 Å². The van der Waals surface area contributed by atoms with E-state index in [1.165, 1.54) is 22.3 Å². The highest BCUT2D eigenvalue weighted by molar-refractivity contribution is 5.78. The van der Waals surface area contributed by atoms with E-state index in [2.05, 4.69) is 53.4 Å². The van der Waals surface area contributed by atoms with Crippen LogP contribution < -0.4 is 0 Å². The lowest BCUT2D eigenvalue weighted by atomic mass is 9.89. The average molecular weight is 428 g/mol. The minimum absolute atomic E-state index is 0.0351. The molecule has 4 atom stereocenters. The highest BCUT2D eigenvalue weighted by Crippen LogP contribution is 2.45. The lowest BCUT2D eigenvalue weighted by Crippen LogP contribution is -2.28. The third-order valence-corrected chi connectivity index (χ3v) is 7.07. The zero-order valence-electron chi connectivity index (χ0n) is 17.6. The minimum Gasteiger partial charge on any atom is -0.481 e. The van der Waals surface area contributed by atoms with Crippen LogP contribution in [0, 0.1) is 5.92 Å². The molecule has 0 saturated carbocycles. The fourth-order valence-electron chi connectivity index (χ4n) is 5.43. The number of rotatable bonds is 6. The molecule has 5 nitrogen and oxygen atoms in total. The van der Waals surface area contributed by atoms with E-state index in [-0.39, 0.29) is 24.4 Å². The molecule has 1 aliphatic carbocycles. The number of likely N-dealkylation sites (tertiary alicyclic amines) is 1. The largest absolute Gasteiger partial charge is 0.481 e. The van der Waals surface area contributed by atoms with Gasteiger partial charge < -0.3 is 14.6 Å². The third-order valence-electron chi connectivity index (χ3n) is 7.07. The van der Waals surface area contributed by atoms with Gasteiger partial charge in [-0.05, 0) is 27.8 Å². The zero-order valence-corrected chi connectivity index (χ0v) is 17.6. The van der Waals surface area contributed by atoms with Crippen LogP contribution in [0.5, 0.6) is 0 Å². The first-order valence-electron chi connectivity index (χ1n) is 11.2. The summed E-state index contributed by atoms with van der Waals surface area (Å²) >= 11 is 0. The molecule has 0 aromatic heterocycles. The lowest BCUT2D eigenvalue weighted by Gasteiger charge is -2.15. The highest BCUT2D eigenvalue weighted by atomic mass is 16.8. The second kappa shape index (κ2) is 7.85. The molecule has 0 amide bonds. The number of ether oxygens (including phenoxy) is 2. The van der Waals surface area contributed by atoms with Crippen LogP contribution in [0.4, 0.5) is 0 Å². The van der Waals surface area contributed by atoms with Gasteiger partial charge in [0.15, 0.2) is 12.5 Å². The second-order valence-electron chi connectivity index (χ2n) is 8.87. The van der Waals surface area contributed by atoms with Crippen molar-refractivity contribution in [3.05, 3.63) is 95.6 Å². The summed E-state index contributed by atoms with van der Waals surface area (Å²) in [5.41, 5.74) is 6.21. The van der Waals surface area contributed by atoms with Gasteiger partial charge >= 0.3 is 5.97 Å². The van der Waals surface area contributed by atoms with Crippen molar-refractivity contribution in [3.8, 4) is 11.1 Å². The molecule has 1 N–H and O–H groups in total. The molecule has 6 rings (SSSR count). The van der Waals surface area contributed by atoms with E-state index in [0.29, 0.717) is 19.7 Å². The molecule has 5 heteroatoms. The van der Waals surface area contributed by atoms with Gasteiger partial charge in [-0.3, -0.25) is 9.69 Å². The van der Waals surface area contributed by atoms with Gasteiger partial charge in [0.1, 0.15) is 0 Å². The summed E-state index contributed by atoms with van der Waals surface area (Å²) in [6, 6.07) is 26.9. The minimum atomic E-state index is -0.751. The van der Waals surface area contributed by atoms with Crippen LogP contribution in [-0.4, -0.2) is 48.2 Å². The molecule has 162 valence electrons. The van der Waals surface area contributed by atoms with Gasteiger partial charge in [0, 0.05) is 24.9 Å². The van der Waals surface area contributed by atoms with E-state index in [0.717, 1.165) is 5.56 Å². The monoisotopic (exact) mass is 427 g/mol. The molecule has 0 radical (unpaired) electrons. The Balaban J connectivity index is 1.13. The molecule has 3 aliphatic rings. The number of aliphatic carboxylic acids is 1. The lowest BCUT2D eigenvalue weighted by molar-refractivity contribution is -0.141. The molecule has 2 aliphatic heterocycles. The Hall–Kier alpha value is -2.99. The Bertz CT molecular complexity index is 1100. The Morgan fingerprint density at radius 3 is 2.19 bits per heavy atom. The summed E-state index contributed by atoms with van der Waals surface area (Å²) < 4.78 is 12.1. The number of hydrogen-bond acceptors (Lipinski definition) is 4. The normalized spacial score (nSPS) is 26.6. The first-order chi connectivity index (χ1) is 15.7. The van der Waals surface area contributed by atoms with Gasteiger partial charge in [-0.25, -0.2) is 0 Å². The maximum Gasteiger partial charge on any atom is 0.308 e. The molecule has 2 saturated heterocycles. The number of carboxylic acids is 1. The molecular formula is C27H25NO4. The first kappa shape index (κ1) is 19.7. The van der Waals surface area contributed by atoms with Gasteiger partial charge in [0.2, 0.25) is 0 Å². The number of hydrogen-bond donors (Lipinski definition) is 1. The summed E-state index contributed by atoms with van der Waals surface area (Å²) in [5, 5.41) is 9.77. The third kappa shape index (κ3) is 3.34. The van der Waals surface area contributed by atoms with E-state index < -0.39 is 11.9 Å². The van der Waals surface area contributed by atoms with Gasteiger partial charge in [-0.15, -0.1) is 0 Å². The fraction of sp³-hybridized carbons (Fsp3) is 0.296. The number of epoxide rings is 1. The van der Waals surface area contributed by atoms with Crippen molar-refractivity contribution in [3.63, 3.8) is 0 Å².